The molecule has 6 nitrogen and oxygen atoms in total. The highest BCUT2D eigenvalue weighted by molar-refractivity contribution is 9.10. The Morgan fingerprint density at radius 1 is 1.08 bits per heavy atom. The van der Waals surface area contributed by atoms with Crippen molar-refractivity contribution in [1.82, 2.24) is 9.97 Å². The van der Waals surface area contributed by atoms with Crippen LogP contribution in [0.25, 0.3) is 0 Å². The van der Waals surface area contributed by atoms with E-state index in [0.29, 0.717) is 22.8 Å². The van der Waals surface area contributed by atoms with Crippen LogP contribution in [0.2, 0.25) is 0 Å². The molecule has 0 saturated heterocycles. The molecule has 0 unspecified atom stereocenters. The Balaban J connectivity index is 1.78. The summed E-state index contributed by atoms with van der Waals surface area (Å²) in [6, 6.07) is 17.9. The van der Waals surface area contributed by atoms with Crippen LogP contribution < -0.4 is 10.6 Å². The molecule has 0 aliphatic heterocycles. The molecule has 0 atom stereocenters. The van der Waals surface area contributed by atoms with Crippen molar-refractivity contribution in [2.75, 3.05) is 10.6 Å². The van der Waals surface area contributed by atoms with Crippen molar-refractivity contribution in [3.05, 3.63) is 76.7 Å². The first-order valence-corrected chi connectivity index (χ1v) is 8.10. The van der Waals surface area contributed by atoms with Crippen LogP contribution in [-0.2, 0) is 0 Å². The maximum absolute atomic E-state index is 12.3. The smallest absolute Gasteiger partial charge is 0.274 e. The molecule has 0 aliphatic carbocycles. The molecule has 1 aromatic heterocycles. The fourth-order valence-electron chi connectivity index (χ4n) is 2.11. The minimum absolute atomic E-state index is 0.217. The van der Waals surface area contributed by atoms with Gasteiger partial charge in [-0.15, -0.1) is 0 Å². The highest BCUT2D eigenvalue weighted by atomic mass is 79.9. The van der Waals surface area contributed by atoms with E-state index in [9.17, 15) is 4.79 Å². The Morgan fingerprint density at radius 2 is 1.84 bits per heavy atom. The quantitative estimate of drug-likeness (QED) is 0.695. The van der Waals surface area contributed by atoms with Gasteiger partial charge in [0.25, 0.3) is 5.91 Å². The van der Waals surface area contributed by atoms with Crippen LogP contribution in [0.5, 0.6) is 0 Å². The third-order valence-corrected chi connectivity index (χ3v) is 3.84. The second-order valence-corrected chi connectivity index (χ2v) is 5.95. The van der Waals surface area contributed by atoms with Gasteiger partial charge < -0.3 is 10.6 Å². The minimum atomic E-state index is -0.346. The largest absolute Gasteiger partial charge is 0.339 e. The van der Waals surface area contributed by atoms with Gasteiger partial charge in [-0.2, -0.15) is 5.26 Å². The number of hydrogen-bond donors (Lipinski definition) is 2. The lowest BCUT2D eigenvalue weighted by Crippen LogP contribution is -2.14. The maximum Gasteiger partial charge on any atom is 0.274 e. The molecule has 0 aliphatic rings. The number of amides is 1. The first kappa shape index (κ1) is 16.6. The second kappa shape index (κ2) is 7.55. The number of carbonyl (C=O) groups is 1. The summed E-state index contributed by atoms with van der Waals surface area (Å²) in [5, 5.41) is 14.9. The molecule has 122 valence electrons. The lowest BCUT2D eigenvalue weighted by atomic mass is 10.2. The van der Waals surface area contributed by atoms with Crippen LogP contribution in [0.4, 0.5) is 17.2 Å². The number of nitrogens with one attached hydrogen (secondary N) is 2. The highest BCUT2D eigenvalue weighted by Crippen LogP contribution is 2.19. The van der Waals surface area contributed by atoms with Gasteiger partial charge in [-0.05, 0) is 36.4 Å². The number of halogens is 1. The number of rotatable bonds is 4. The summed E-state index contributed by atoms with van der Waals surface area (Å²) in [5.74, 6) is 0.0833. The van der Waals surface area contributed by atoms with Crippen LogP contribution >= 0.6 is 15.9 Å². The van der Waals surface area contributed by atoms with Gasteiger partial charge in [-0.1, -0.05) is 28.1 Å². The number of carbonyl (C=O) groups excluding carboxylic acids is 1. The standard InChI is InChI=1S/C18H12BrN5O/c19-13-5-7-14(8-6-13)23-18(25)16-9-17(22-11-21-16)24-15-4-2-1-3-12(15)10-20/h1-9,11H,(H,23,25)(H,21,22,24). The van der Waals surface area contributed by atoms with Crippen molar-refractivity contribution in [2.45, 2.75) is 0 Å². The topological polar surface area (TPSA) is 90.7 Å². The zero-order valence-corrected chi connectivity index (χ0v) is 14.5. The van der Waals surface area contributed by atoms with Gasteiger partial charge in [0.15, 0.2) is 0 Å². The molecule has 1 heterocycles. The van der Waals surface area contributed by atoms with E-state index >= 15 is 0 Å². The molecule has 1 amide bonds. The Labute approximate surface area is 152 Å². The predicted octanol–water partition coefficient (Wildman–Crippen LogP) is 4.11. The number of hydrogen-bond acceptors (Lipinski definition) is 5. The number of para-hydroxylation sites is 1. The van der Waals surface area contributed by atoms with E-state index in [0.717, 1.165) is 4.47 Å². The Kier molecular flexibility index (Phi) is 5.02. The fourth-order valence-corrected chi connectivity index (χ4v) is 2.37. The van der Waals surface area contributed by atoms with E-state index < -0.39 is 0 Å². The van der Waals surface area contributed by atoms with Gasteiger partial charge in [0, 0.05) is 16.2 Å². The van der Waals surface area contributed by atoms with E-state index in [4.69, 9.17) is 5.26 Å². The third kappa shape index (κ3) is 4.19. The summed E-state index contributed by atoms with van der Waals surface area (Å²) >= 11 is 3.34. The lowest BCUT2D eigenvalue weighted by molar-refractivity contribution is 0.102. The van der Waals surface area contributed by atoms with Crippen LogP contribution in [0.1, 0.15) is 16.1 Å². The van der Waals surface area contributed by atoms with Crippen LogP contribution in [0.15, 0.2) is 65.4 Å². The van der Waals surface area contributed by atoms with Crippen LogP contribution in [0, 0.1) is 11.3 Å². The Bertz CT molecular complexity index is 950. The van der Waals surface area contributed by atoms with E-state index in [2.05, 4.69) is 42.6 Å². The van der Waals surface area contributed by atoms with Crippen LogP contribution in [0.3, 0.4) is 0 Å². The van der Waals surface area contributed by atoms with Crippen molar-refractivity contribution in [1.29, 1.82) is 5.26 Å². The lowest BCUT2D eigenvalue weighted by Gasteiger charge is -2.09. The number of benzene rings is 2. The molecular formula is C18H12BrN5O. The van der Waals surface area contributed by atoms with Crippen molar-refractivity contribution < 1.29 is 4.79 Å². The molecule has 2 N–H and O–H groups in total. The van der Waals surface area contributed by atoms with Gasteiger partial charge in [0.1, 0.15) is 23.9 Å². The van der Waals surface area contributed by atoms with Gasteiger partial charge in [0.2, 0.25) is 0 Å². The molecule has 3 rings (SSSR count). The zero-order valence-electron chi connectivity index (χ0n) is 12.9. The number of aromatic nitrogens is 2. The molecular weight excluding hydrogens is 382 g/mol. The molecule has 0 spiro atoms. The predicted molar refractivity (Wildman–Crippen MR) is 98.6 cm³/mol. The maximum atomic E-state index is 12.3. The monoisotopic (exact) mass is 393 g/mol. The SMILES string of the molecule is N#Cc1ccccc1Nc1cc(C(=O)Nc2ccc(Br)cc2)ncn1. The van der Waals surface area contributed by atoms with Crippen LogP contribution in [-0.4, -0.2) is 15.9 Å². The number of nitriles is 1. The van der Waals surface area contributed by atoms with E-state index in [1.165, 1.54) is 12.4 Å². The molecule has 2 aromatic carbocycles. The Hall–Kier alpha value is -3.24. The summed E-state index contributed by atoms with van der Waals surface area (Å²) in [6.45, 7) is 0. The van der Waals surface area contributed by atoms with Gasteiger partial charge >= 0.3 is 0 Å². The van der Waals surface area contributed by atoms with Crippen molar-refractivity contribution in [3.63, 3.8) is 0 Å². The average Bonchev–Trinajstić information content (AvgIpc) is 2.64. The van der Waals surface area contributed by atoms with Gasteiger partial charge in [-0.25, -0.2) is 9.97 Å². The van der Waals surface area contributed by atoms with E-state index in [1.807, 2.05) is 18.2 Å². The molecule has 25 heavy (non-hydrogen) atoms. The van der Waals surface area contributed by atoms with E-state index in [1.54, 1.807) is 30.3 Å². The van der Waals surface area contributed by atoms with Gasteiger partial charge in [0.05, 0.1) is 11.3 Å². The van der Waals surface area contributed by atoms with Crippen molar-refractivity contribution in [2.24, 2.45) is 0 Å². The highest BCUT2D eigenvalue weighted by Gasteiger charge is 2.10. The zero-order chi connectivity index (χ0) is 17.6. The number of nitrogens with zero attached hydrogens (tertiary/aromatic N) is 3. The first-order valence-electron chi connectivity index (χ1n) is 7.31. The molecule has 3 aromatic rings. The molecule has 0 fully saturated rings. The summed E-state index contributed by atoms with van der Waals surface area (Å²) in [4.78, 5) is 20.4. The fraction of sp³-hybridized carbons (Fsp3) is 0. The Morgan fingerprint density at radius 3 is 2.60 bits per heavy atom. The van der Waals surface area contributed by atoms with E-state index in [-0.39, 0.29) is 11.6 Å². The summed E-state index contributed by atoms with van der Waals surface area (Å²) < 4.78 is 0.926. The van der Waals surface area contributed by atoms with Crippen molar-refractivity contribution >= 4 is 39.0 Å². The average molecular weight is 394 g/mol. The van der Waals surface area contributed by atoms with Gasteiger partial charge in [-0.3, -0.25) is 4.79 Å². The summed E-state index contributed by atoms with van der Waals surface area (Å²) in [5.41, 5.74) is 1.98. The first-order chi connectivity index (χ1) is 12.2. The molecule has 0 bridgehead atoms. The normalized spacial score (nSPS) is 9.92. The number of anilines is 3. The molecule has 0 saturated carbocycles. The molecule has 0 radical (unpaired) electrons. The minimum Gasteiger partial charge on any atom is -0.339 e. The molecule has 7 heteroatoms. The summed E-state index contributed by atoms with van der Waals surface area (Å²) in [6.07, 6.45) is 1.30. The van der Waals surface area contributed by atoms with Crippen molar-refractivity contribution in [3.8, 4) is 6.07 Å². The third-order valence-electron chi connectivity index (χ3n) is 3.31. The summed E-state index contributed by atoms with van der Waals surface area (Å²) in [7, 11) is 0. The second-order valence-electron chi connectivity index (χ2n) is 5.03.